The predicted molar refractivity (Wildman–Crippen MR) is 208 cm³/mol. The Balaban J connectivity index is 0.000000188. The van der Waals surface area contributed by atoms with Crippen molar-refractivity contribution in [2.45, 2.75) is 59.4 Å². The van der Waals surface area contributed by atoms with E-state index in [1.165, 1.54) is 71.3 Å². The first-order valence-corrected chi connectivity index (χ1v) is 23.3. The molecule has 0 aliphatic carbocycles. The number of fused-ring (bicyclic) bond motifs is 3. The number of aryl methyl sites for hydroxylation is 1. The van der Waals surface area contributed by atoms with Crippen molar-refractivity contribution in [1.29, 1.82) is 0 Å². The molecule has 0 unspecified atom stereocenters. The van der Waals surface area contributed by atoms with Gasteiger partial charge in [0.25, 0.3) is 0 Å². The summed E-state index contributed by atoms with van der Waals surface area (Å²) in [7, 11) is 12.8. The van der Waals surface area contributed by atoms with Crippen LogP contribution in [0.2, 0.25) is 6.55 Å². The molecule has 0 fully saturated rings. The van der Waals surface area contributed by atoms with Gasteiger partial charge in [-0.1, -0.05) is 138 Å². The van der Waals surface area contributed by atoms with E-state index in [4.69, 9.17) is 17.0 Å². The van der Waals surface area contributed by atoms with Crippen molar-refractivity contribution in [1.82, 2.24) is 0 Å². The van der Waals surface area contributed by atoms with E-state index < -0.39 is 20.8 Å². The number of benzene rings is 5. The second-order valence-corrected chi connectivity index (χ2v) is 16.8. The Bertz CT molecular complexity index is 2020. The van der Waals surface area contributed by atoms with Gasteiger partial charge in [-0.3, -0.25) is 0 Å². The molecule has 0 atom stereocenters. The second kappa shape index (κ2) is 17.1. The van der Waals surface area contributed by atoms with E-state index in [1.807, 2.05) is 0 Å². The predicted octanol–water partition coefficient (Wildman–Crippen LogP) is 13.9. The van der Waals surface area contributed by atoms with Gasteiger partial charge in [0.15, 0.2) is 0 Å². The molecular weight excluding hydrogens is 707 g/mol. The van der Waals surface area contributed by atoms with E-state index in [0.717, 1.165) is 0 Å². The third-order valence-electron chi connectivity index (χ3n) is 8.48. The van der Waals surface area contributed by atoms with E-state index in [2.05, 4.69) is 179 Å². The number of halogens is 2. The van der Waals surface area contributed by atoms with Crippen molar-refractivity contribution < 1.29 is 20.8 Å². The van der Waals surface area contributed by atoms with Crippen LogP contribution in [0.15, 0.2) is 127 Å². The monoisotopic (exact) mass is 747 g/mol. The van der Waals surface area contributed by atoms with Crippen LogP contribution in [0.4, 0.5) is 0 Å². The zero-order chi connectivity index (χ0) is 34.1. The Morgan fingerprint density at radius 3 is 1.74 bits per heavy atom. The van der Waals surface area contributed by atoms with Crippen LogP contribution in [0.3, 0.4) is 0 Å². The molecule has 0 nitrogen and oxygen atoms in total. The maximum absolute atomic E-state index is 4.93. The van der Waals surface area contributed by atoms with Crippen LogP contribution in [-0.4, -0.2) is 10.2 Å². The van der Waals surface area contributed by atoms with E-state index in [0.29, 0.717) is 5.92 Å². The van der Waals surface area contributed by atoms with Gasteiger partial charge < -0.3 is 0 Å². The van der Waals surface area contributed by atoms with Gasteiger partial charge in [-0.2, -0.15) is 12.1 Å². The zero-order valence-corrected chi connectivity index (χ0v) is 33.4. The molecule has 0 amide bonds. The second-order valence-electron chi connectivity index (χ2n) is 13.0. The van der Waals surface area contributed by atoms with Gasteiger partial charge >= 0.3 is 37.9 Å². The van der Waals surface area contributed by atoms with Crippen molar-refractivity contribution in [3.05, 3.63) is 144 Å². The van der Waals surface area contributed by atoms with Gasteiger partial charge in [0.2, 0.25) is 0 Å². The summed E-state index contributed by atoms with van der Waals surface area (Å²) in [6.45, 7) is 15.3. The normalized spacial score (nSPS) is 10.9. The molecule has 237 valence electrons. The first-order valence-electron chi connectivity index (χ1n) is 16.0. The molecule has 0 saturated carbocycles. The molecule has 0 spiro atoms. The van der Waals surface area contributed by atoms with Gasteiger partial charge in [-0.15, -0.1) is 69.1 Å². The summed E-state index contributed by atoms with van der Waals surface area (Å²) >= 11 is -0.826. The topological polar surface area (TPSA) is 0 Å². The van der Waals surface area contributed by atoms with Crippen molar-refractivity contribution in [3.63, 3.8) is 0 Å². The van der Waals surface area contributed by atoms with Crippen LogP contribution in [0.25, 0.3) is 54.6 Å². The van der Waals surface area contributed by atoms with E-state index >= 15 is 0 Å². The van der Waals surface area contributed by atoms with Gasteiger partial charge in [0.1, 0.15) is 0 Å². The Morgan fingerprint density at radius 2 is 1.13 bits per heavy atom. The third-order valence-corrected chi connectivity index (χ3v) is 8.48. The van der Waals surface area contributed by atoms with Gasteiger partial charge in [0, 0.05) is 10.2 Å². The molecule has 0 aliphatic heterocycles. The number of hydrogen-bond acceptors (Lipinski definition) is 0. The number of rotatable bonds is 3. The molecule has 3 radical (unpaired) electrons. The quantitative estimate of drug-likeness (QED) is 0.125. The number of hydrogen-bond donors (Lipinski definition) is 0. The fourth-order valence-corrected chi connectivity index (χ4v) is 6.07. The van der Waals surface area contributed by atoms with Gasteiger partial charge in [-0.25, -0.2) is 0 Å². The molecule has 47 heavy (non-hydrogen) atoms. The molecule has 0 saturated heterocycles. The van der Waals surface area contributed by atoms with E-state index in [9.17, 15) is 0 Å². The molecule has 0 heterocycles. The summed E-state index contributed by atoms with van der Waals surface area (Å²) in [4.78, 5) is 0. The summed E-state index contributed by atoms with van der Waals surface area (Å²) < 4.78 is 0. The minimum absolute atomic E-state index is 0.204. The molecule has 7 aromatic carbocycles. The molecule has 0 bridgehead atoms. The average Bonchev–Trinajstić information content (AvgIpc) is 3.69. The van der Waals surface area contributed by atoms with Crippen LogP contribution in [-0.2, 0) is 26.3 Å². The first kappa shape index (κ1) is 37.1. The molecular formula is C43H43Cl2SiZr. The fourth-order valence-electron chi connectivity index (χ4n) is 6.07. The average molecular weight is 750 g/mol. The molecule has 0 N–H and O–H groups in total. The van der Waals surface area contributed by atoms with Crippen LogP contribution in [0.5, 0.6) is 0 Å². The van der Waals surface area contributed by atoms with Crippen molar-refractivity contribution in [2.75, 3.05) is 0 Å². The summed E-state index contributed by atoms with van der Waals surface area (Å²) in [6.07, 6.45) is 0. The minimum atomic E-state index is -0.826. The molecule has 0 aromatic heterocycles. The van der Waals surface area contributed by atoms with Crippen LogP contribution >= 0.6 is 17.0 Å². The standard InChI is InChI=1S/C22H25.C20H15.CH3Si.2ClH.Zr/c1-15(2)18-13-17-7-6-8-20(21(17)14-18)16-9-11-19(12-10-16)22(3,4)5;1-14-12-16-8-5-11-19(20(16)13-14)18-10-4-7-15-6-2-3-9-17(15)18;1-2;;;/h6-15H,1-5H3;2-13H,1H3;1H3;2*1H;/q2*-1;;;;+4/p-2. The van der Waals surface area contributed by atoms with Crippen molar-refractivity contribution >= 4 is 59.6 Å². The van der Waals surface area contributed by atoms with Crippen LogP contribution in [0, 0.1) is 6.92 Å². The summed E-state index contributed by atoms with van der Waals surface area (Å²) in [6, 6.07) is 46.6. The Morgan fingerprint density at radius 1 is 0.617 bits per heavy atom. The summed E-state index contributed by atoms with van der Waals surface area (Å²) in [5.41, 5.74) is 9.63. The Labute approximate surface area is 304 Å². The maximum atomic E-state index is 4.93. The molecule has 0 aliphatic rings. The van der Waals surface area contributed by atoms with Crippen molar-refractivity contribution in [2.24, 2.45) is 0 Å². The Kier molecular flexibility index (Phi) is 13.5. The van der Waals surface area contributed by atoms with E-state index in [-0.39, 0.29) is 5.41 Å². The molecule has 7 rings (SSSR count). The molecule has 7 aromatic rings. The Hall–Kier alpha value is -2.74. The third kappa shape index (κ3) is 9.04. The van der Waals surface area contributed by atoms with Gasteiger partial charge in [0.05, 0.1) is 0 Å². The zero-order valence-electron chi connectivity index (χ0n) is 28.5. The SMILES string of the molecule is CC(C)c1cc2c(-c3ccc(C(C)(C)C)cc3)cccc2[cH-]1.C[Si].Cc1cc2c(-c3cccc4ccccc34)cccc2[cH-]1.[Cl][Zr+2][Cl]. The summed E-state index contributed by atoms with van der Waals surface area (Å²) in [5.74, 6) is 0.573. The van der Waals surface area contributed by atoms with Crippen molar-refractivity contribution in [3.8, 4) is 22.3 Å². The fraction of sp³-hybridized carbons (Fsp3) is 0.209. The van der Waals surface area contributed by atoms with E-state index in [1.54, 1.807) is 6.55 Å². The summed E-state index contributed by atoms with van der Waals surface area (Å²) in [5, 5.41) is 8.01. The van der Waals surface area contributed by atoms with Crippen LogP contribution in [0.1, 0.15) is 57.2 Å². The van der Waals surface area contributed by atoms with Crippen LogP contribution < -0.4 is 0 Å². The first-order chi connectivity index (χ1) is 22.6. The van der Waals surface area contributed by atoms with Gasteiger partial charge in [-0.05, 0) is 38.8 Å². The molecule has 4 heteroatoms.